The van der Waals surface area contributed by atoms with E-state index < -0.39 is 11.7 Å². The first-order valence-corrected chi connectivity index (χ1v) is 12.4. The number of hydrogen-bond donors (Lipinski definition) is 1. The van der Waals surface area contributed by atoms with Crippen LogP contribution in [0.2, 0.25) is 0 Å². The molecule has 186 valence electrons. The number of aromatic nitrogens is 1. The summed E-state index contributed by atoms with van der Waals surface area (Å²) < 4.78 is 11.1. The second-order valence-corrected chi connectivity index (χ2v) is 10.4. The Kier molecular flexibility index (Phi) is 6.39. The van der Waals surface area contributed by atoms with E-state index >= 15 is 0 Å². The molecule has 2 heterocycles. The summed E-state index contributed by atoms with van der Waals surface area (Å²) in [6.45, 7) is 6.59. The van der Waals surface area contributed by atoms with Crippen LogP contribution in [0.4, 0.5) is 10.5 Å². The van der Waals surface area contributed by atoms with Crippen molar-refractivity contribution in [2.45, 2.75) is 45.8 Å². The highest BCUT2D eigenvalue weighted by Gasteiger charge is 2.33. The van der Waals surface area contributed by atoms with Crippen molar-refractivity contribution >= 4 is 17.7 Å². The largest absolute Gasteiger partial charge is 0.466 e. The third kappa shape index (κ3) is 5.51. The molecule has 2 aromatic carbocycles. The van der Waals surface area contributed by atoms with Gasteiger partial charge < -0.3 is 19.7 Å². The molecule has 1 aliphatic carbocycles. The van der Waals surface area contributed by atoms with Crippen LogP contribution in [-0.2, 0) is 16.1 Å². The fraction of sp³-hybridized carbons (Fsp3) is 0.345. The number of carbonyl (C=O) groups is 2. The molecule has 5 rings (SSSR count). The van der Waals surface area contributed by atoms with Gasteiger partial charge in [0.25, 0.3) is 5.91 Å². The van der Waals surface area contributed by atoms with Gasteiger partial charge in [-0.2, -0.15) is 0 Å². The molecule has 0 atom stereocenters. The van der Waals surface area contributed by atoms with Gasteiger partial charge in [0.1, 0.15) is 11.3 Å². The minimum Gasteiger partial charge on any atom is -0.466 e. The molecule has 7 heteroatoms. The fourth-order valence-electron chi connectivity index (χ4n) is 4.21. The first-order chi connectivity index (χ1) is 17.3. The molecule has 0 unspecified atom stereocenters. The summed E-state index contributed by atoms with van der Waals surface area (Å²) in [6.07, 6.45) is 1.87. The maximum absolute atomic E-state index is 12.7. The van der Waals surface area contributed by atoms with Crippen LogP contribution in [0, 0.1) is 5.92 Å². The average molecular weight is 486 g/mol. The summed E-state index contributed by atoms with van der Waals surface area (Å²) in [7, 11) is 0. The van der Waals surface area contributed by atoms with Crippen molar-refractivity contribution in [1.29, 1.82) is 0 Å². The number of benzene rings is 2. The highest BCUT2D eigenvalue weighted by Crippen LogP contribution is 2.42. The van der Waals surface area contributed by atoms with E-state index in [0.717, 1.165) is 46.5 Å². The lowest BCUT2D eigenvalue weighted by Gasteiger charge is -2.30. The predicted octanol–water partition coefficient (Wildman–Crippen LogP) is 5.58. The van der Waals surface area contributed by atoms with E-state index in [1.54, 1.807) is 0 Å². The van der Waals surface area contributed by atoms with Crippen LogP contribution in [0.25, 0.3) is 22.4 Å². The van der Waals surface area contributed by atoms with Crippen molar-refractivity contribution < 1.29 is 19.1 Å². The van der Waals surface area contributed by atoms with Crippen molar-refractivity contribution in [3.05, 3.63) is 66.2 Å². The number of rotatable bonds is 6. The number of amides is 2. The van der Waals surface area contributed by atoms with Gasteiger partial charge in [-0.1, -0.05) is 54.6 Å². The number of fused-ring (bicyclic) bond motifs is 1. The lowest BCUT2D eigenvalue weighted by molar-refractivity contribution is -0.121. The molecule has 0 bridgehead atoms. The second-order valence-electron chi connectivity index (χ2n) is 10.4. The lowest BCUT2D eigenvalue weighted by atomic mass is 9.97. The Morgan fingerprint density at radius 3 is 2.47 bits per heavy atom. The number of ether oxygens (including phenoxy) is 2. The van der Waals surface area contributed by atoms with Crippen LogP contribution >= 0.6 is 0 Å². The lowest BCUT2D eigenvalue weighted by Crippen LogP contribution is -2.40. The monoisotopic (exact) mass is 485 g/mol. The zero-order chi connectivity index (χ0) is 25.3. The Balaban J connectivity index is 1.45. The molecule has 2 aliphatic rings. The molecule has 1 aliphatic heterocycles. The van der Waals surface area contributed by atoms with Crippen LogP contribution in [0.5, 0.6) is 5.88 Å². The van der Waals surface area contributed by atoms with Gasteiger partial charge in [0.15, 0.2) is 6.61 Å². The van der Waals surface area contributed by atoms with Crippen molar-refractivity contribution in [3.63, 3.8) is 0 Å². The van der Waals surface area contributed by atoms with Gasteiger partial charge in [0, 0.05) is 24.2 Å². The Morgan fingerprint density at radius 1 is 1.08 bits per heavy atom. The van der Waals surface area contributed by atoms with E-state index in [0.29, 0.717) is 24.9 Å². The molecule has 1 aromatic heterocycles. The van der Waals surface area contributed by atoms with Gasteiger partial charge in [0.05, 0.1) is 5.69 Å². The Morgan fingerprint density at radius 2 is 1.81 bits per heavy atom. The van der Waals surface area contributed by atoms with Crippen LogP contribution in [0.15, 0.2) is 60.7 Å². The van der Waals surface area contributed by atoms with Crippen LogP contribution in [0.3, 0.4) is 0 Å². The van der Waals surface area contributed by atoms with Gasteiger partial charge in [-0.3, -0.25) is 4.79 Å². The third-order valence-electron chi connectivity index (χ3n) is 6.18. The molecule has 0 radical (unpaired) electrons. The van der Waals surface area contributed by atoms with E-state index in [4.69, 9.17) is 14.5 Å². The number of nitrogens with zero attached hydrogens (tertiary/aromatic N) is 2. The van der Waals surface area contributed by atoms with Crippen LogP contribution in [-0.4, -0.2) is 35.7 Å². The highest BCUT2D eigenvalue weighted by atomic mass is 16.6. The molecule has 0 spiro atoms. The minimum atomic E-state index is -0.541. The quantitative estimate of drug-likeness (QED) is 0.493. The van der Waals surface area contributed by atoms with Crippen molar-refractivity contribution in [3.8, 4) is 28.3 Å². The number of anilines is 1. The van der Waals surface area contributed by atoms with Gasteiger partial charge >= 0.3 is 6.09 Å². The number of pyridine rings is 1. The predicted molar refractivity (Wildman–Crippen MR) is 139 cm³/mol. The topological polar surface area (TPSA) is 80.8 Å². The number of alkyl carbamates (subject to hydrolysis) is 1. The van der Waals surface area contributed by atoms with Crippen LogP contribution < -0.4 is 15.0 Å². The van der Waals surface area contributed by atoms with Gasteiger partial charge in [-0.15, -0.1) is 0 Å². The molecule has 1 N–H and O–H groups in total. The number of nitrogens with one attached hydrogen (secondary N) is 1. The zero-order valence-electron chi connectivity index (χ0n) is 20.9. The maximum Gasteiger partial charge on any atom is 0.407 e. The van der Waals surface area contributed by atoms with E-state index in [1.165, 1.54) is 0 Å². The van der Waals surface area contributed by atoms with E-state index in [1.807, 2.05) is 86.3 Å². The van der Waals surface area contributed by atoms with E-state index in [-0.39, 0.29) is 12.5 Å². The molecular weight excluding hydrogens is 454 g/mol. The maximum atomic E-state index is 12.7. The molecule has 1 fully saturated rings. The molecule has 0 saturated heterocycles. The normalized spacial score (nSPS) is 15.2. The zero-order valence-corrected chi connectivity index (χ0v) is 20.9. The van der Waals surface area contributed by atoms with Crippen molar-refractivity contribution in [2.75, 3.05) is 18.1 Å². The Bertz CT molecular complexity index is 1260. The molecule has 1 saturated carbocycles. The molecule has 2 amide bonds. The summed E-state index contributed by atoms with van der Waals surface area (Å²) in [4.78, 5) is 31.4. The standard InChI is InChI=1S/C29H31N3O4/c1-29(2,3)36-28(34)30-16-19-11-13-22(14-12-19)26-23(21-7-5-4-6-8-21)15-24-27(31-26)35-18-25(33)32(24)17-20-9-10-20/h4-8,11-15,20H,9-10,16-18H2,1-3H3,(H,30,34). The first-order valence-electron chi connectivity index (χ1n) is 12.4. The summed E-state index contributed by atoms with van der Waals surface area (Å²) in [5, 5.41) is 2.79. The van der Waals surface area contributed by atoms with Gasteiger partial charge in [0.2, 0.25) is 5.88 Å². The number of carbonyl (C=O) groups excluding carboxylic acids is 2. The molecule has 36 heavy (non-hydrogen) atoms. The summed E-state index contributed by atoms with van der Waals surface area (Å²) in [6, 6.07) is 20.0. The average Bonchev–Trinajstić information content (AvgIpc) is 3.68. The first kappa shape index (κ1) is 23.9. The highest BCUT2D eigenvalue weighted by molar-refractivity contribution is 5.99. The Labute approximate surface area is 211 Å². The van der Waals surface area contributed by atoms with E-state index in [2.05, 4.69) is 5.32 Å². The third-order valence-corrected chi connectivity index (χ3v) is 6.18. The van der Waals surface area contributed by atoms with Crippen molar-refractivity contribution in [2.24, 2.45) is 5.92 Å². The Hall–Kier alpha value is -3.87. The molecule has 7 nitrogen and oxygen atoms in total. The van der Waals surface area contributed by atoms with Crippen LogP contribution in [0.1, 0.15) is 39.2 Å². The SMILES string of the molecule is CC(C)(C)OC(=O)NCc1ccc(-c2nc3c(cc2-c2ccccc2)N(CC2CC2)C(=O)CO3)cc1. The van der Waals surface area contributed by atoms with Crippen molar-refractivity contribution in [1.82, 2.24) is 10.3 Å². The summed E-state index contributed by atoms with van der Waals surface area (Å²) in [5.41, 5.74) is 4.80. The molecular formula is C29H31N3O4. The summed E-state index contributed by atoms with van der Waals surface area (Å²) in [5.74, 6) is 1.02. The van der Waals surface area contributed by atoms with Gasteiger partial charge in [-0.05, 0) is 56.7 Å². The second kappa shape index (κ2) is 9.64. The van der Waals surface area contributed by atoms with Gasteiger partial charge in [-0.25, -0.2) is 9.78 Å². The van der Waals surface area contributed by atoms with E-state index in [9.17, 15) is 9.59 Å². The molecule has 3 aromatic rings. The minimum absolute atomic E-state index is 0.00607. The smallest absolute Gasteiger partial charge is 0.407 e. The summed E-state index contributed by atoms with van der Waals surface area (Å²) >= 11 is 0. The number of hydrogen-bond acceptors (Lipinski definition) is 5. The fourth-order valence-corrected chi connectivity index (χ4v) is 4.21.